The lowest BCUT2D eigenvalue weighted by Gasteiger charge is -1.96. The van der Waals surface area contributed by atoms with Crippen LogP contribution in [-0.2, 0) is 0 Å². The first-order valence-corrected chi connectivity index (χ1v) is 3.29. The van der Waals surface area contributed by atoms with Gasteiger partial charge in [-0.05, 0) is 18.2 Å². The van der Waals surface area contributed by atoms with Crippen LogP contribution >= 0.6 is 0 Å². The van der Waals surface area contributed by atoms with Crippen molar-refractivity contribution in [1.82, 2.24) is 14.8 Å². The molecule has 2 rings (SSSR count). The third-order valence-corrected chi connectivity index (χ3v) is 1.37. The number of aromatic nitrogens is 3. The van der Waals surface area contributed by atoms with Crippen molar-refractivity contribution in [3.05, 3.63) is 43.0 Å². The van der Waals surface area contributed by atoms with Crippen molar-refractivity contribution in [2.45, 2.75) is 0 Å². The van der Waals surface area contributed by atoms with Crippen LogP contribution in [0.25, 0.3) is 5.69 Å². The average molecular weight is 144 g/mol. The van der Waals surface area contributed by atoms with Crippen molar-refractivity contribution in [3.8, 4) is 5.69 Å². The van der Waals surface area contributed by atoms with Gasteiger partial charge in [-0.2, -0.15) is 5.10 Å². The number of pyridine rings is 1. The standard InChI is InChI=1S/C8H6N3/c1-3-8(7-9-4-1)11-6-2-5-10-11/h1-4,6-7H. The van der Waals surface area contributed by atoms with Crippen molar-refractivity contribution in [2.24, 2.45) is 0 Å². The Morgan fingerprint density at radius 3 is 3.09 bits per heavy atom. The molecule has 0 saturated carbocycles. The molecular weight excluding hydrogens is 138 g/mol. The Morgan fingerprint density at radius 2 is 2.45 bits per heavy atom. The third-order valence-electron chi connectivity index (χ3n) is 1.37. The fourth-order valence-corrected chi connectivity index (χ4v) is 0.866. The normalized spacial score (nSPS) is 9.82. The average Bonchev–Trinajstić information content (AvgIpc) is 2.58. The van der Waals surface area contributed by atoms with Gasteiger partial charge < -0.3 is 0 Å². The van der Waals surface area contributed by atoms with Crippen LogP contribution in [0.15, 0.2) is 36.8 Å². The van der Waals surface area contributed by atoms with Crippen LogP contribution in [0, 0.1) is 6.20 Å². The number of nitrogens with zero attached hydrogens (tertiary/aromatic N) is 3. The Hall–Kier alpha value is -1.64. The molecule has 53 valence electrons. The maximum absolute atomic E-state index is 3.97. The van der Waals surface area contributed by atoms with E-state index in [2.05, 4.69) is 16.3 Å². The van der Waals surface area contributed by atoms with E-state index >= 15 is 0 Å². The Kier molecular flexibility index (Phi) is 1.41. The van der Waals surface area contributed by atoms with E-state index < -0.39 is 0 Å². The molecule has 2 aromatic rings. The number of hydrogen-bond donors (Lipinski definition) is 0. The third kappa shape index (κ3) is 1.12. The van der Waals surface area contributed by atoms with Gasteiger partial charge in [0.25, 0.3) is 0 Å². The molecule has 0 aromatic carbocycles. The van der Waals surface area contributed by atoms with Crippen LogP contribution in [-0.4, -0.2) is 14.8 Å². The summed E-state index contributed by atoms with van der Waals surface area (Å²) in [7, 11) is 0. The quantitative estimate of drug-likeness (QED) is 0.599. The molecule has 0 aliphatic rings. The molecule has 0 aliphatic carbocycles. The molecule has 0 saturated heterocycles. The van der Waals surface area contributed by atoms with E-state index in [1.807, 2.05) is 18.3 Å². The first-order valence-electron chi connectivity index (χ1n) is 3.29. The zero-order valence-electron chi connectivity index (χ0n) is 5.81. The largest absolute Gasteiger partial charge is 0.262 e. The van der Waals surface area contributed by atoms with Crippen LogP contribution < -0.4 is 0 Å². The highest BCUT2D eigenvalue weighted by Gasteiger charge is 1.91. The molecule has 0 spiro atoms. The highest BCUT2D eigenvalue weighted by atomic mass is 15.3. The van der Waals surface area contributed by atoms with Crippen LogP contribution in [0.4, 0.5) is 0 Å². The van der Waals surface area contributed by atoms with Gasteiger partial charge in [-0.15, -0.1) is 0 Å². The molecular formula is C8H6N3. The maximum Gasteiger partial charge on any atom is 0.113 e. The van der Waals surface area contributed by atoms with E-state index in [4.69, 9.17) is 0 Å². The van der Waals surface area contributed by atoms with Gasteiger partial charge in [-0.25, -0.2) is 4.68 Å². The minimum atomic E-state index is 0.953. The predicted octanol–water partition coefficient (Wildman–Crippen LogP) is 1.07. The molecule has 3 heteroatoms. The van der Waals surface area contributed by atoms with Crippen LogP contribution in [0.5, 0.6) is 0 Å². The molecule has 0 N–H and O–H groups in total. The molecule has 0 atom stereocenters. The summed E-state index contributed by atoms with van der Waals surface area (Å²) in [6.07, 6.45) is 8.03. The van der Waals surface area contributed by atoms with Gasteiger partial charge in [0.15, 0.2) is 0 Å². The molecule has 2 aromatic heterocycles. The molecule has 0 bridgehead atoms. The fraction of sp³-hybridized carbons (Fsp3) is 0. The van der Waals surface area contributed by atoms with E-state index in [-0.39, 0.29) is 0 Å². The summed E-state index contributed by atoms with van der Waals surface area (Å²) in [6.45, 7) is 0. The topological polar surface area (TPSA) is 30.7 Å². The summed E-state index contributed by atoms with van der Waals surface area (Å²) < 4.78 is 1.72. The highest BCUT2D eigenvalue weighted by molar-refractivity contribution is 5.25. The molecule has 0 fully saturated rings. The summed E-state index contributed by atoms with van der Waals surface area (Å²) in [5, 5.41) is 3.94. The Bertz CT molecular complexity index is 312. The zero-order chi connectivity index (χ0) is 7.52. The van der Waals surface area contributed by atoms with E-state index in [9.17, 15) is 0 Å². The lowest BCUT2D eigenvalue weighted by Crippen LogP contribution is -1.93. The van der Waals surface area contributed by atoms with E-state index in [0.29, 0.717) is 0 Å². The summed E-state index contributed by atoms with van der Waals surface area (Å²) >= 11 is 0. The lowest BCUT2D eigenvalue weighted by molar-refractivity contribution is 0.871. The molecule has 11 heavy (non-hydrogen) atoms. The van der Waals surface area contributed by atoms with E-state index in [1.165, 1.54) is 0 Å². The van der Waals surface area contributed by atoms with Gasteiger partial charge in [0.2, 0.25) is 0 Å². The smallest absolute Gasteiger partial charge is 0.113 e. The summed E-state index contributed by atoms with van der Waals surface area (Å²) in [5.74, 6) is 0. The zero-order valence-corrected chi connectivity index (χ0v) is 5.81. The molecule has 3 nitrogen and oxygen atoms in total. The summed E-state index contributed by atoms with van der Waals surface area (Å²) in [6, 6.07) is 5.57. The minimum absolute atomic E-state index is 0.953. The van der Waals surface area contributed by atoms with Crippen LogP contribution in [0.1, 0.15) is 0 Å². The van der Waals surface area contributed by atoms with Crippen LogP contribution in [0.2, 0.25) is 0 Å². The Labute approximate surface area is 64.3 Å². The van der Waals surface area contributed by atoms with Crippen molar-refractivity contribution in [2.75, 3.05) is 0 Å². The monoisotopic (exact) mass is 144 g/mol. The SMILES string of the molecule is [c]1ccn(-c2cccnc2)n1. The second-order valence-corrected chi connectivity index (χ2v) is 2.10. The van der Waals surface area contributed by atoms with Crippen LogP contribution in [0.3, 0.4) is 0 Å². The van der Waals surface area contributed by atoms with Crippen molar-refractivity contribution in [1.29, 1.82) is 0 Å². The van der Waals surface area contributed by atoms with Gasteiger partial charge in [0.05, 0.1) is 11.9 Å². The van der Waals surface area contributed by atoms with Crippen molar-refractivity contribution in [3.63, 3.8) is 0 Å². The fourth-order valence-electron chi connectivity index (χ4n) is 0.866. The first-order chi connectivity index (χ1) is 5.47. The van der Waals surface area contributed by atoms with Gasteiger partial charge in [0, 0.05) is 12.4 Å². The molecule has 0 aliphatic heterocycles. The van der Waals surface area contributed by atoms with Gasteiger partial charge >= 0.3 is 0 Å². The molecule has 0 unspecified atom stereocenters. The van der Waals surface area contributed by atoms with Crippen molar-refractivity contribution >= 4 is 0 Å². The molecule has 0 amide bonds. The Morgan fingerprint density at radius 1 is 1.45 bits per heavy atom. The predicted molar refractivity (Wildman–Crippen MR) is 40.2 cm³/mol. The van der Waals surface area contributed by atoms with Gasteiger partial charge in [0.1, 0.15) is 6.20 Å². The number of rotatable bonds is 1. The van der Waals surface area contributed by atoms with Crippen molar-refractivity contribution < 1.29 is 0 Å². The number of hydrogen-bond acceptors (Lipinski definition) is 2. The molecule has 2 heterocycles. The van der Waals surface area contributed by atoms with E-state index in [1.54, 1.807) is 23.1 Å². The Balaban J connectivity index is 2.46. The highest BCUT2D eigenvalue weighted by Crippen LogP contribution is 2.00. The molecule has 1 radical (unpaired) electrons. The van der Waals surface area contributed by atoms with Gasteiger partial charge in [-0.3, -0.25) is 4.98 Å². The second kappa shape index (κ2) is 2.54. The maximum atomic E-state index is 3.97. The minimum Gasteiger partial charge on any atom is -0.262 e. The summed E-state index contributed by atoms with van der Waals surface area (Å²) in [5.41, 5.74) is 0.953. The lowest BCUT2D eigenvalue weighted by atomic mass is 10.4. The van der Waals surface area contributed by atoms with Gasteiger partial charge in [-0.1, -0.05) is 0 Å². The first kappa shape index (κ1) is 6.09. The second-order valence-electron chi connectivity index (χ2n) is 2.10. The van der Waals surface area contributed by atoms with E-state index in [0.717, 1.165) is 5.69 Å². The summed E-state index contributed by atoms with van der Waals surface area (Å²) in [4.78, 5) is 3.97.